The molecule has 0 aliphatic rings. The second-order valence-electron chi connectivity index (χ2n) is 7.07. The van der Waals surface area contributed by atoms with Crippen LogP contribution in [0.5, 0.6) is 17.2 Å². The van der Waals surface area contributed by atoms with E-state index in [1.165, 1.54) is 0 Å². The zero-order valence-corrected chi connectivity index (χ0v) is 17.8. The second-order valence-corrected chi connectivity index (χ2v) is 7.07. The summed E-state index contributed by atoms with van der Waals surface area (Å²) in [5.74, 6) is 1.58. The molecule has 0 bridgehead atoms. The summed E-state index contributed by atoms with van der Waals surface area (Å²) >= 11 is 0. The van der Waals surface area contributed by atoms with Crippen molar-refractivity contribution in [2.24, 2.45) is 0 Å². The predicted molar refractivity (Wildman–Crippen MR) is 122 cm³/mol. The molecule has 0 unspecified atom stereocenters. The Morgan fingerprint density at radius 1 is 0.839 bits per heavy atom. The van der Waals surface area contributed by atoms with Crippen LogP contribution in [0, 0.1) is 0 Å². The highest BCUT2D eigenvalue weighted by Crippen LogP contribution is 2.36. The summed E-state index contributed by atoms with van der Waals surface area (Å²) in [4.78, 5) is 12.9. The van der Waals surface area contributed by atoms with Gasteiger partial charge in [0.05, 0.1) is 32.7 Å². The van der Waals surface area contributed by atoms with Crippen molar-refractivity contribution in [2.75, 3.05) is 32.0 Å². The van der Waals surface area contributed by atoms with Gasteiger partial charge in [-0.2, -0.15) is 0 Å². The molecule has 3 aromatic carbocycles. The van der Waals surface area contributed by atoms with Gasteiger partial charge < -0.3 is 29.3 Å². The lowest BCUT2D eigenvalue weighted by molar-refractivity contribution is -0.116. The first-order valence-electron chi connectivity index (χ1n) is 9.82. The van der Waals surface area contributed by atoms with Crippen LogP contribution >= 0.6 is 0 Å². The van der Waals surface area contributed by atoms with E-state index in [1.54, 1.807) is 46.5 Å². The SMILES string of the molecule is COc1ccc(N[C@@H](C)C(=O)Nc2cc3oc4ccccc4c3cc2OC)c(OC)c1. The number of rotatable bonds is 7. The molecule has 0 radical (unpaired) electrons. The summed E-state index contributed by atoms with van der Waals surface area (Å²) < 4.78 is 22.1. The van der Waals surface area contributed by atoms with Gasteiger partial charge in [0.15, 0.2) is 0 Å². The number of hydrogen-bond acceptors (Lipinski definition) is 6. The Kier molecular flexibility index (Phi) is 5.58. The first-order chi connectivity index (χ1) is 15.0. The molecule has 7 nitrogen and oxygen atoms in total. The molecule has 1 aromatic heterocycles. The number of methoxy groups -OCH3 is 3. The molecule has 1 heterocycles. The monoisotopic (exact) mass is 420 g/mol. The largest absolute Gasteiger partial charge is 0.497 e. The van der Waals surface area contributed by atoms with E-state index in [-0.39, 0.29) is 5.91 Å². The van der Waals surface area contributed by atoms with E-state index in [4.69, 9.17) is 18.6 Å². The van der Waals surface area contributed by atoms with E-state index >= 15 is 0 Å². The van der Waals surface area contributed by atoms with Gasteiger partial charge in [-0.15, -0.1) is 0 Å². The van der Waals surface area contributed by atoms with E-state index in [2.05, 4.69) is 10.6 Å². The van der Waals surface area contributed by atoms with Crippen LogP contribution in [0.2, 0.25) is 0 Å². The number of benzene rings is 3. The maximum atomic E-state index is 12.9. The molecule has 0 saturated heterocycles. The third-order valence-corrected chi connectivity index (χ3v) is 5.13. The van der Waals surface area contributed by atoms with Crippen LogP contribution in [-0.2, 0) is 4.79 Å². The summed E-state index contributed by atoms with van der Waals surface area (Å²) in [6.45, 7) is 1.77. The van der Waals surface area contributed by atoms with Crippen LogP contribution < -0.4 is 24.8 Å². The van der Waals surface area contributed by atoms with Crippen molar-refractivity contribution in [3.63, 3.8) is 0 Å². The predicted octanol–water partition coefficient (Wildman–Crippen LogP) is 5.05. The molecular weight excluding hydrogens is 396 g/mol. The maximum Gasteiger partial charge on any atom is 0.246 e. The summed E-state index contributed by atoms with van der Waals surface area (Å²) in [7, 11) is 4.73. The van der Waals surface area contributed by atoms with Crippen LogP contribution in [0.25, 0.3) is 21.9 Å². The van der Waals surface area contributed by atoms with E-state index in [0.29, 0.717) is 34.2 Å². The van der Waals surface area contributed by atoms with Crippen LogP contribution in [-0.4, -0.2) is 33.3 Å². The van der Waals surface area contributed by atoms with E-state index in [1.807, 2.05) is 36.4 Å². The summed E-state index contributed by atoms with van der Waals surface area (Å²) in [5, 5.41) is 8.02. The number of nitrogens with one attached hydrogen (secondary N) is 2. The number of fused-ring (bicyclic) bond motifs is 3. The van der Waals surface area contributed by atoms with E-state index in [9.17, 15) is 4.79 Å². The van der Waals surface area contributed by atoms with Crippen molar-refractivity contribution in [1.29, 1.82) is 0 Å². The number of carbonyl (C=O) groups is 1. The minimum atomic E-state index is -0.543. The Bertz CT molecular complexity index is 1250. The Balaban J connectivity index is 1.58. The molecule has 0 saturated carbocycles. The lowest BCUT2D eigenvalue weighted by atomic mass is 10.1. The minimum absolute atomic E-state index is 0.230. The molecule has 0 spiro atoms. The van der Waals surface area contributed by atoms with Gasteiger partial charge in [0.25, 0.3) is 0 Å². The Morgan fingerprint density at radius 2 is 1.58 bits per heavy atom. The summed E-state index contributed by atoms with van der Waals surface area (Å²) in [6.07, 6.45) is 0. The number of carbonyl (C=O) groups excluding carboxylic acids is 1. The van der Waals surface area contributed by atoms with Crippen LogP contribution in [0.1, 0.15) is 6.92 Å². The van der Waals surface area contributed by atoms with Gasteiger partial charge in [-0.3, -0.25) is 4.79 Å². The van der Waals surface area contributed by atoms with Crippen molar-refractivity contribution >= 4 is 39.2 Å². The molecule has 160 valence electrons. The van der Waals surface area contributed by atoms with Gasteiger partial charge >= 0.3 is 0 Å². The van der Waals surface area contributed by atoms with Gasteiger partial charge in [0.1, 0.15) is 34.5 Å². The van der Waals surface area contributed by atoms with E-state index < -0.39 is 6.04 Å². The summed E-state index contributed by atoms with van der Waals surface area (Å²) in [6, 6.07) is 16.3. The zero-order valence-electron chi connectivity index (χ0n) is 17.8. The number of furan rings is 1. The van der Waals surface area contributed by atoms with Crippen molar-refractivity contribution in [2.45, 2.75) is 13.0 Å². The topological polar surface area (TPSA) is 82.0 Å². The van der Waals surface area contributed by atoms with Crippen molar-refractivity contribution in [3.05, 3.63) is 54.6 Å². The molecule has 7 heteroatoms. The highest BCUT2D eigenvalue weighted by Gasteiger charge is 2.19. The van der Waals surface area contributed by atoms with Gasteiger partial charge in [0, 0.05) is 22.9 Å². The number of para-hydroxylation sites is 1. The maximum absolute atomic E-state index is 12.9. The van der Waals surface area contributed by atoms with Gasteiger partial charge in [0.2, 0.25) is 5.91 Å². The Labute approximate surface area is 179 Å². The van der Waals surface area contributed by atoms with Crippen molar-refractivity contribution in [3.8, 4) is 17.2 Å². The first kappa shape index (κ1) is 20.4. The molecular formula is C24H24N2O5. The number of hydrogen-bond donors (Lipinski definition) is 2. The fourth-order valence-electron chi connectivity index (χ4n) is 3.48. The molecule has 4 aromatic rings. The Hall–Kier alpha value is -3.87. The van der Waals surface area contributed by atoms with Crippen molar-refractivity contribution < 1.29 is 23.4 Å². The number of anilines is 2. The molecule has 1 amide bonds. The average molecular weight is 420 g/mol. The lowest BCUT2D eigenvalue weighted by Crippen LogP contribution is -2.32. The normalized spacial score (nSPS) is 11.9. The lowest BCUT2D eigenvalue weighted by Gasteiger charge is -2.18. The third-order valence-electron chi connectivity index (χ3n) is 5.13. The highest BCUT2D eigenvalue weighted by atomic mass is 16.5. The van der Waals surface area contributed by atoms with Crippen LogP contribution in [0.15, 0.2) is 59.0 Å². The van der Waals surface area contributed by atoms with Gasteiger partial charge in [-0.1, -0.05) is 18.2 Å². The minimum Gasteiger partial charge on any atom is -0.497 e. The Morgan fingerprint density at radius 3 is 2.32 bits per heavy atom. The van der Waals surface area contributed by atoms with Gasteiger partial charge in [-0.05, 0) is 31.2 Å². The molecule has 0 fully saturated rings. The molecule has 1 atom stereocenters. The van der Waals surface area contributed by atoms with Crippen molar-refractivity contribution in [1.82, 2.24) is 0 Å². The molecule has 4 rings (SSSR count). The smallest absolute Gasteiger partial charge is 0.246 e. The fraction of sp³-hybridized carbons (Fsp3) is 0.208. The molecule has 2 N–H and O–H groups in total. The zero-order chi connectivity index (χ0) is 22.0. The highest BCUT2D eigenvalue weighted by molar-refractivity contribution is 6.08. The third kappa shape index (κ3) is 3.94. The standard InChI is InChI=1S/C24H24N2O5/c1-14(25-18-10-9-15(28-2)11-22(18)29-3)24(27)26-19-13-21-17(12-23(19)30-4)16-7-5-6-8-20(16)31-21/h5-14,25H,1-4H3,(H,26,27)/t14-/m0/s1. The molecule has 0 aliphatic carbocycles. The quantitative estimate of drug-likeness (QED) is 0.435. The average Bonchev–Trinajstić information content (AvgIpc) is 3.15. The van der Waals surface area contributed by atoms with Gasteiger partial charge in [-0.25, -0.2) is 0 Å². The number of ether oxygens (including phenoxy) is 3. The van der Waals surface area contributed by atoms with Crippen LogP contribution in [0.3, 0.4) is 0 Å². The second kappa shape index (κ2) is 8.47. The fourth-order valence-corrected chi connectivity index (χ4v) is 3.48. The molecule has 31 heavy (non-hydrogen) atoms. The summed E-state index contributed by atoms with van der Waals surface area (Å²) in [5.41, 5.74) is 2.68. The van der Waals surface area contributed by atoms with E-state index in [0.717, 1.165) is 16.4 Å². The number of amides is 1. The van der Waals surface area contributed by atoms with Crippen LogP contribution in [0.4, 0.5) is 11.4 Å². The first-order valence-corrected chi connectivity index (χ1v) is 9.82. The molecule has 0 aliphatic heterocycles.